The third kappa shape index (κ3) is 5.22. The summed E-state index contributed by atoms with van der Waals surface area (Å²) in [5, 5.41) is -0.321. The Labute approximate surface area is 216 Å². The van der Waals surface area contributed by atoms with Gasteiger partial charge in [0.05, 0.1) is 17.4 Å². The second-order valence-electron chi connectivity index (χ2n) is 9.70. The first-order chi connectivity index (χ1) is 17.7. The zero-order chi connectivity index (χ0) is 26.2. The molecule has 1 aliphatic heterocycles. The normalized spacial score (nSPS) is 19.2. The Kier molecular flexibility index (Phi) is 6.72. The van der Waals surface area contributed by atoms with Crippen LogP contribution in [0.5, 0.6) is 5.88 Å². The lowest BCUT2D eigenvalue weighted by Gasteiger charge is -2.27. The number of nitrogens with one attached hydrogen (secondary N) is 1. The van der Waals surface area contributed by atoms with E-state index >= 15 is 0 Å². The summed E-state index contributed by atoms with van der Waals surface area (Å²) in [7, 11) is -4.23. The number of nitrogen functional groups attached to an aromatic ring is 1. The van der Waals surface area contributed by atoms with Crippen LogP contribution in [0.2, 0.25) is 0 Å². The van der Waals surface area contributed by atoms with Gasteiger partial charge in [-0.3, -0.25) is 4.79 Å². The number of anilines is 2. The molecule has 5 rings (SSSR count). The van der Waals surface area contributed by atoms with Gasteiger partial charge in [-0.15, -0.1) is 0 Å². The molecule has 4 heterocycles. The SMILES string of the molecule is CC(C)Oc1ccc(-c2ccc(C(=O)NS(=O)(=O)c3cccc(N)n3)c(N3CCC4CCCC43)n2)cn1. The molecule has 11 heteroatoms. The van der Waals surface area contributed by atoms with Crippen molar-refractivity contribution in [3.8, 4) is 17.1 Å². The van der Waals surface area contributed by atoms with Gasteiger partial charge >= 0.3 is 0 Å². The zero-order valence-electron chi connectivity index (χ0n) is 20.8. The molecule has 1 saturated carbocycles. The van der Waals surface area contributed by atoms with Crippen molar-refractivity contribution in [1.82, 2.24) is 19.7 Å². The number of amides is 1. The van der Waals surface area contributed by atoms with Crippen LogP contribution in [0.4, 0.5) is 11.6 Å². The van der Waals surface area contributed by atoms with Gasteiger partial charge in [-0.2, -0.15) is 8.42 Å². The van der Waals surface area contributed by atoms with Crippen molar-refractivity contribution in [2.45, 2.75) is 56.7 Å². The summed E-state index contributed by atoms with van der Waals surface area (Å²) in [5.41, 5.74) is 7.23. The molecule has 0 bridgehead atoms. The van der Waals surface area contributed by atoms with Crippen LogP contribution in [-0.4, -0.2) is 48.0 Å². The fourth-order valence-electron chi connectivity index (χ4n) is 5.16. The van der Waals surface area contributed by atoms with Crippen molar-refractivity contribution in [3.05, 3.63) is 54.2 Å². The first-order valence-electron chi connectivity index (χ1n) is 12.4. The Morgan fingerprint density at radius 1 is 1.11 bits per heavy atom. The number of nitrogens with zero attached hydrogens (tertiary/aromatic N) is 4. The van der Waals surface area contributed by atoms with Gasteiger partial charge in [-0.25, -0.2) is 19.7 Å². The summed E-state index contributed by atoms with van der Waals surface area (Å²) in [6, 6.07) is 11.5. The molecule has 0 radical (unpaired) electrons. The van der Waals surface area contributed by atoms with Gasteiger partial charge in [0.2, 0.25) is 5.88 Å². The van der Waals surface area contributed by atoms with Crippen LogP contribution in [0, 0.1) is 5.92 Å². The van der Waals surface area contributed by atoms with Crippen molar-refractivity contribution in [2.75, 3.05) is 17.2 Å². The number of hydrogen-bond donors (Lipinski definition) is 2. The van der Waals surface area contributed by atoms with E-state index in [4.69, 9.17) is 15.5 Å². The van der Waals surface area contributed by atoms with E-state index in [2.05, 4.69) is 19.6 Å². The molecule has 1 amide bonds. The number of carbonyl (C=O) groups excluding carboxylic acids is 1. The average Bonchev–Trinajstić information content (AvgIpc) is 3.48. The smallest absolute Gasteiger partial charge is 0.281 e. The molecule has 2 fully saturated rings. The second-order valence-corrected chi connectivity index (χ2v) is 11.3. The molecule has 3 aromatic rings. The number of rotatable bonds is 7. The maximum atomic E-state index is 13.3. The number of ether oxygens (including phenoxy) is 1. The van der Waals surface area contributed by atoms with Gasteiger partial charge in [-0.1, -0.05) is 12.5 Å². The lowest BCUT2D eigenvalue weighted by molar-refractivity contribution is 0.0981. The quantitative estimate of drug-likeness (QED) is 0.477. The number of hydrogen-bond acceptors (Lipinski definition) is 9. The molecule has 1 aliphatic carbocycles. The highest BCUT2D eigenvalue weighted by Gasteiger charge is 2.39. The van der Waals surface area contributed by atoms with E-state index in [1.807, 2.05) is 19.9 Å². The van der Waals surface area contributed by atoms with Crippen LogP contribution in [0.25, 0.3) is 11.3 Å². The number of aromatic nitrogens is 3. The molecular formula is C26H30N6O4S. The Hall–Kier alpha value is -3.73. The minimum atomic E-state index is -4.23. The summed E-state index contributed by atoms with van der Waals surface area (Å²) < 4.78 is 33.5. The minimum Gasteiger partial charge on any atom is -0.475 e. The molecule has 3 aromatic heterocycles. The largest absolute Gasteiger partial charge is 0.475 e. The van der Waals surface area contributed by atoms with E-state index in [-0.39, 0.29) is 28.6 Å². The summed E-state index contributed by atoms with van der Waals surface area (Å²) in [5.74, 6) is 0.824. The predicted octanol–water partition coefficient (Wildman–Crippen LogP) is 3.41. The molecule has 2 aliphatic rings. The topological polar surface area (TPSA) is 140 Å². The molecule has 2 unspecified atom stereocenters. The van der Waals surface area contributed by atoms with Crippen molar-refractivity contribution in [3.63, 3.8) is 0 Å². The first kappa shape index (κ1) is 24.9. The van der Waals surface area contributed by atoms with Crippen LogP contribution in [0.15, 0.2) is 53.7 Å². The Bertz CT molecular complexity index is 1410. The van der Waals surface area contributed by atoms with E-state index in [9.17, 15) is 13.2 Å². The summed E-state index contributed by atoms with van der Waals surface area (Å²) >= 11 is 0. The number of pyridine rings is 3. The van der Waals surface area contributed by atoms with Crippen molar-refractivity contribution >= 4 is 27.6 Å². The average molecular weight is 523 g/mol. The molecular weight excluding hydrogens is 492 g/mol. The number of fused-ring (bicyclic) bond motifs is 1. The van der Waals surface area contributed by atoms with Gasteiger partial charge in [0.1, 0.15) is 11.6 Å². The molecule has 194 valence electrons. The van der Waals surface area contributed by atoms with Gasteiger partial charge in [0.15, 0.2) is 5.03 Å². The van der Waals surface area contributed by atoms with Crippen LogP contribution >= 0.6 is 0 Å². The molecule has 2 atom stereocenters. The third-order valence-corrected chi connectivity index (χ3v) is 8.02. The molecule has 1 saturated heterocycles. The lowest BCUT2D eigenvalue weighted by atomic mass is 10.0. The van der Waals surface area contributed by atoms with Gasteiger partial charge < -0.3 is 15.4 Å². The Morgan fingerprint density at radius 2 is 1.95 bits per heavy atom. The van der Waals surface area contributed by atoms with E-state index in [1.165, 1.54) is 18.2 Å². The molecule has 10 nitrogen and oxygen atoms in total. The van der Waals surface area contributed by atoms with Crippen molar-refractivity contribution in [2.24, 2.45) is 5.92 Å². The monoisotopic (exact) mass is 522 g/mol. The second kappa shape index (κ2) is 9.97. The zero-order valence-corrected chi connectivity index (χ0v) is 21.6. The molecule has 0 spiro atoms. The fraction of sp³-hybridized carbons (Fsp3) is 0.385. The van der Waals surface area contributed by atoms with Crippen LogP contribution in [-0.2, 0) is 10.0 Å². The first-order valence-corrected chi connectivity index (χ1v) is 13.9. The Morgan fingerprint density at radius 3 is 2.68 bits per heavy atom. The standard InChI is InChI=1S/C26H30N6O4S/c1-16(2)36-23-12-9-18(15-28-23)20-11-10-19(25(29-20)32-14-13-17-5-3-6-21(17)32)26(33)31-37(34,35)24-8-4-7-22(27)30-24/h4,7-12,15-17,21H,3,5-6,13-14H2,1-2H3,(H2,27,30)(H,31,33). The van der Waals surface area contributed by atoms with E-state index < -0.39 is 15.9 Å². The Balaban J connectivity index is 1.49. The highest BCUT2D eigenvalue weighted by Crippen LogP contribution is 2.41. The van der Waals surface area contributed by atoms with Gasteiger partial charge in [-0.05, 0) is 69.4 Å². The molecule has 3 N–H and O–H groups in total. The van der Waals surface area contributed by atoms with E-state index in [0.717, 1.165) is 37.8 Å². The number of sulfonamides is 1. The van der Waals surface area contributed by atoms with Crippen molar-refractivity contribution in [1.29, 1.82) is 0 Å². The maximum Gasteiger partial charge on any atom is 0.281 e. The highest BCUT2D eigenvalue weighted by molar-refractivity contribution is 7.90. The fourth-order valence-corrected chi connectivity index (χ4v) is 6.10. The van der Waals surface area contributed by atoms with E-state index in [0.29, 0.717) is 23.3 Å². The van der Waals surface area contributed by atoms with Crippen LogP contribution in [0.1, 0.15) is 49.9 Å². The number of nitrogens with two attached hydrogens (primary N) is 1. The summed E-state index contributed by atoms with van der Waals surface area (Å²) in [6.45, 7) is 4.63. The van der Waals surface area contributed by atoms with Crippen LogP contribution < -0.4 is 20.1 Å². The van der Waals surface area contributed by atoms with Gasteiger partial charge in [0.25, 0.3) is 15.9 Å². The molecule has 0 aromatic carbocycles. The lowest BCUT2D eigenvalue weighted by Crippen LogP contribution is -2.36. The van der Waals surface area contributed by atoms with Crippen molar-refractivity contribution < 1.29 is 17.9 Å². The van der Waals surface area contributed by atoms with Crippen LogP contribution in [0.3, 0.4) is 0 Å². The maximum absolute atomic E-state index is 13.3. The summed E-state index contributed by atoms with van der Waals surface area (Å²) in [6.07, 6.45) is 6.01. The predicted molar refractivity (Wildman–Crippen MR) is 140 cm³/mol. The summed E-state index contributed by atoms with van der Waals surface area (Å²) in [4.78, 5) is 28.6. The third-order valence-electron chi connectivity index (χ3n) is 6.79. The number of carbonyl (C=O) groups is 1. The molecule has 37 heavy (non-hydrogen) atoms. The highest BCUT2D eigenvalue weighted by atomic mass is 32.2. The van der Waals surface area contributed by atoms with E-state index in [1.54, 1.807) is 24.4 Å². The minimum absolute atomic E-state index is 0.00852. The van der Waals surface area contributed by atoms with Gasteiger partial charge in [0, 0.05) is 30.4 Å².